The second kappa shape index (κ2) is 6.64. The Balaban J connectivity index is 1.76. The summed E-state index contributed by atoms with van der Waals surface area (Å²) in [5.41, 5.74) is 5.48. The van der Waals surface area contributed by atoms with Crippen molar-refractivity contribution in [2.75, 3.05) is 0 Å². The number of rotatable bonds is 3. The molecule has 0 bridgehead atoms. The number of hydrogen-bond acceptors (Lipinski definition) is 4. The standard InChI is InChI=1S/C24H23N3O3/c1-24(2)12-19-22(20(28)13-24)21-16-8-3-4-9-17(16)26-23(21)18(25-19)11-14-6-5-7-15(10-14)27(29)30/h3-10,20,26,28H,11-13H2,1-2H3. The number of nitrogens with zero attached hydrogens (tertiary/aromatic N) is 2. The maximum Gasteiger partial charge on any atom is 0.269 e. The highest BCUT2D eigenvalue weighted by Gasteiger charge is 2.35. The number of aromatic nitrogens is 2. The fourth-order valence-corrected chi connectivity index (χ4v) is 4.81. The minimum absolute atomic E-state index is 0.0397. The predicted octanol–water partition coefficient (Wildman–Crippen LogP) is 5.22. The summed E-state index contributed by atoms with van der Waals surface area (Å²) in [5.74, 6) is 0. The van der Waals surface area contributed by atoms with Crippen LogP contribution in [0.2, 0.25) is 0 Å². The molecule has 0 radical (unpaired) electrons. The maximum absolute atomic E-state index is 11.2. The van der Waals surface area contributed by atoms with E-state index < -0.39 is 6.10 Å². The Kier molecular flexibility index (Phi) is 4.15. The molecule has 0 amide bonds. The first-order chi connectivity index (χ1) is 14.3. The van der Waals surface area contributed by atoms with Crippen LogP contribution in [0.3, 0.4) is 0 Å². The van der Waals surface area contributed by atoms with E-state index in [2.05, 4.69) is 24.9 Å². The Hall–Kier alpha value is -3.25. The van der Waals surface area contributed by atoms with Gasteiger partial charge in [0.05, 0.1) is 22.2 Å². The summed E-state index contributed by atoms with van der Waals surface area (Å²) in [7, 11) is 0. The summed E-state index contributed by atoms with van der Waals surface area (Å²) in [4.78, 5) is 19.3. The molecule has 6 nitrogen and oxygen atoms in total. The zero-order valence-corrected chi connectivity index (χ0v) is 17.0. The third-order valence-electron chi connectivity index (χ3n) is 6.06. The number of aromatic amines is 1. The SMILES string of the molecule is CC1(C)Cc2nc(Cc3cccc([N+](=O)[O-])c3)c3[nH]c4ccccc4c3c2C(O)C1. The highest BCUT2D eigenvalue weighted by Crippen LogP contribution is 2.45. The summed E-state index contributed by atoms with van der Waals surface area (Å²) in [6, 6.07) is 14.8. The van der Waals surface area contributed by atoms with E-state index in [4.69, 9.17) is 4.98 Å². The minimum Gasteiger partial charge on any atom is -0.388 e. The van der Waals surface area contributed by atoms with Gasteiger partial charge in [-0.05, 0) is 29.9 Å². The van der Waals surface area contributed by atoms with Crippen molar-refractivity contribution in [2.24, 2.45) is 5.41 Å². The first-order valence-corrected chi connectivity index (χ1v) is 10.2. The van der Waals surface area contributed by atoms with Crippen LogP contribution in [0.15, 0.2) is 48.5 Å². The lowest BCUT2D eigenvalue weighted by Gasteiger charge is -2.34. The second-order valence-corrected chi connectivity index (χ2v) is 9.00. The molecule has 0 saturated heterocycles. The fourth-order valence-electron chi connectivity index (χ4n) is 4.81. The highest BCUT2D eigenvalue weighted by molar-refractivity contribution is 6.10. The number of nitro benzene ring substituents is 1. The molecule has 1 atom stereocenters. The first-order valence-electron chi connectivity index (χ1n) is 10.2. The largest absolute Gasteiger partial charge is 0.388 e. The van der Waals surface area contributed by atoms with Gasteiger partial charge in [0.15, 0.2) is 0 Å². The van der Waals surface area contributed by atoms with Crippen LogP contribution in [0.1, 0.15) is 48.9 Å². The van der Waals surface area contributed by atoms with Crippen LogP contribution in [0.25, 0.3) is 21.8 Å². The Morgan fingerprint density at radius 3 is 2.83 bits per heavy atom. The number of nitrogens with one attached hydrogen (secondary N) is 1. The molecule has 30 heavy (non-hydrogen) atoms. The molecule has 152 valence electrons. The van der Waals surface area contributed by atoms with Crippen molar-refractivity contribution in [1.29, 1.82) is 0 Å². The zero-order chi connectivity index (χ0) is 21.0. The third-order valence-corrected chi connectivity index (χ3v) is 6.06. The molecule has 2 heterocycles. The van der Waals surface area contributed by atoms with Gasteiger partial charge >= 0.3 is 0 Å². The smallest absolute Gasteiger partial charge is 0.269 e. The molecule has 0 saturated carbocycles. The van der Waals surface area contributed by atoms with Gasteiger partial charge in [0.2, 0.25) is 0 Å². The third kappa shape index (κ3) is 3.04. The van der Waals surface area contributed by atoms with E-state index in [1.807, 2.05) is 24.3 Å². The Labute approximate surface area is 173 Å². The van der Waals surface area contributed by atoms with Gasteiger partial charge in [-0.3, -0.25) is 15.1 Å². The van der Waals surface area contributed by atoms with E-state index in [-0.39, 0.29) is 16.0 Å². The van der Waals surface area contributed by atoms with E-state index >= 15 is 0 Å². The molecule has 4 aromatic rings. The Morgan fingerprint density at radius 1 is 1.23 bits per heavy atom. The lowest BCUT2D eigenvalue weighted by atomic mass is 9.74. The number of fused-ring (bicyclic) bond motifs is 5. The Morgan fingerprint density at radius 2 is 2.03 bits per heavy atom. The van der Waals surface area contributed by atoms with Crippen molar-refractivity contribution in [1.82, 2.24) is 9.97 Å². The van der Waals surface area contributed by atoms with Crippen LogP contribution in [0, 0.1) is 15.5 Å². The number of H-pyrrole nitrogens is 1. The Bertz CT molecular complexity index is 1310. The average Bonchev–Trinajstić information content (AvgIpc) is 3.07. The van der Waals surface area contributed by atoms with Gasteiger partial charge in [0.25, 0.3) is 5.69 Å². The van der Waals surface area contributed by atoms with Gasteiger partial charge in [-0.2, -0.15) is 0 Å². The van der Waals surface area contributed by atoms with Crippen molar-refractivity contribution < 1.29 is 10.0 Å². The van der Waals surface area contributed by atoms with Gasteiger partial charge in [-0.1, -0.05) is 44.2 Å². The lowest BCUT2D eigenvalue weighted by molar-refractivity contribution is -0.384. The van der Waals surface area contributed by atoms with Crippen molar-refractivity contribution in [3.63, 3.8) is 0 Å². The van der Waals surface area contributed by atoms with E-state index in [0.717, 1.165) is 50.7 Å². The topological polar surface area (TPSA) is 92.0 Å². The second-order valence-electron chi connectivity index (χ2n) is 9.00. The number of non-ortho nitro benzene ring substituents is 1. The summed E-state index contributed by atoms with van der Waals surface area (Å²) in [5, 5.41) is 24.3. The van der Waals surface area contributed by atoms with Gasteiger partial charge < -0.3 is 10.1 Å². The van der Waals surface area contributed by atoms with E-state index in [9.17, 15) is 15.2 Å². The van der Waals surface area contributed by atoms with Crippen molar-refractivity contribution >= 4 is 27.5 Å². The molecule has 0 spiro atoms. The molecule has 2 aromatic carbocycles. The number of pyridine rings is 1. The number of para-hydroxylation sites is 1. The summed E-state index contributed by atoms with van der Waals surface area (Å²) in [6.07, 6.45) is 1.40. The normalized spacial score (nSPS) is 17.9. The average molecular weight is 401 g/mol. The monoisotopic (exact) mass is 401 g/mol. The molecule has 2 aromatic heterocycles. The number of nitro groups is 1. The van der Waals surface area contributed by atoms with Crippen LogP contribution < -0.4 is 0 Å². The summed E-state index contributed by atoms with van der Waals surface area (Å²) in [6.45, 7) is 4.31. The van der Waals surface area contributed by atoms with Crippen LogP contribution in [0.5, 0.6) is 0 Å². The first kappa shape index (κ1) is 18.8. The molecule has 5 rings (SSSR count). The minimum atomic E-state index is -0.565. The van der Waals surface area contributed by atoms with Crippen LogP contribution in [-0.4, -0.2) is 20.0 Å². The summed E-state index contributed by atoms with van der Waals surface area (Å²) < 4.78 is 0. The highest BCUT2D eigenvalue weighted by atomic mass is 16.6. The quantitative estimate of drug-likeness (QED) is 0.364. The zero-order valence-electron chi connectivity index (χ0n) is 17.0. The molecule has 6 heteroatoms. The van der Waals surface area contributed by atoms with E-state index in [0.29, 0.717) is 12.8 Å². The van der Waals surface area contributed by atoms with Crippen LogP contribution in [-0.2, 0) is 12.8 Å². The number of aliphatic hydroxyl groups excluding tert-OH is 1. The van der Waals surface area contributed by atoms with Gasteiger partial charge in [-0.15, -0.1) is 0 Å². The molecular formula is C24H23N3O3. The van der Waals surface area contributed by atoms with Crippen LogP contribution >= 0.6 is 0 Å². The lowest BCUT2D eigenvalue weighted by Crippen LogP contribution is -2.27. The number of aliphatic hydroxyl groups is 1. The van der Waals surface area contributed by atoms with Gasteiger partial charge in [-0.25, -0.2) is 0 Å². The van der Waals surface area contributed by atoms with Gasteiger partial charge in [0.1, 0.15) is 0 Å². The molecule has 1 aliphatic rings. The number of hydrogen-bond donors (Lipinski definition) is 2. The molecule has 0 aliphatic heterocycles. The van der Waals surface area contributed by atoms with Crippen molar-refractivity contribution in [3.8, 4) is 0 Å². The van der Waals surface area contributed by atoms with Crippen molar-refractivity contribution in [2.45, 2.75) is 39.2 Å². The van der Waals surface area contributed by atoms with Crippen molar-refractivity contribution in [3.05, 3.63) is 81.2 Å². The molecular weight excluding hydrogens is 378 g/mol. The van der Waals surface area contributed by atoms with E-state index in [1.54, 1.807) is 12.1 Å². The van der Waals surface area contributed by atoms with E-state index in [1.165, 1.54) is 6.07 Å². The molecule has 0 fully saturated rings. The molecule has 1 aliphatic carbocycles. The molecule has 1 unspecified atom stereocenters. The summed E-state index contributed by atoms with van der Waals surface area (Å²) >= 11 is 0. The molecule has 2 N–H and O–H groups in total. The van der Waals surface area contributed by atoms with Crippen LogP contribution in [0.4, 0.5) is 5.69 Å². The number of benzene rings is 2. The predicted molar refractivity (Wildman–Crippen MR) is 117 cm³/mol. The fraction of sp³-hybridized carbons (Fsp3) is 0.292. The maximum atomic E-state index is 11.2. The van der Waals surface area contributed by atoms with Gasteiger partial charge in [0, 0.05) is 46.1 Å².